The molecule has 0 radical (unpaired) electrons. The van der Waals surface area contributed by atoms with E-state index in [-0.39, 0.29) is 40.8 Å². The number of carbonyl (C=O) groups is 3. The van der Waals surface area contributed by atoms with Crippen LogP contribution in [0, 0.1) is 17.2 Å². The van der Waals surface area contributed by atoms with E-state index in [1.54, 1.807) is 17.0 Å². The lowest BCUT2D eigenvalue weighted by Gasteiger charge is -2.39. The second-order valence-corrected chi connectivity index (χ2v) is 12.8. The third kappa shape index (κ3) is 7.50. The first-order valence-electron chi connectivity index (χ1n) is 14.0. The Labute approximate surface area is 236 Å². The fourth-order valence-electron chi connectivity index (χ4n) is 6.21. The summed E-state index contributed by atoms with van der Waals surface area (Å²) in [6.07, 6.45) is 2.34. The van der Waals surface area contributed by atoms with E-state index in [0.29, 0.717) is 75.5 Å². The Kier molecular flexibility index (Phi) is 9.55. The summed E-state index contributed by atoms with van der Waals surface area (Å²) in [4.78, 5) is 44.9. The molecule has 1 aromatic rings. The fraction of sp³-hybridized carbons (Fsp3) is 0.690. The topological polar surface area (TPSA) is 82.2 Å². The van der Waals surface area contributed by atoms with Gasteiger partial charge in [0.25, 0.3) is 0 Å². The van der Waals surface area contributed by atoms with Crippen LogP contribution in [0.4, 0.5) is 4.39 Å². The predicted molar refractivity (Wildman–Crippen MR) is 148 cm³/mol. The zero-order valence-electron chi connectivity index (χ0n) is 23.6. The van der Waals surface area contributed by atoms with Crippen molar-refractivity contribution in [1.29, 1.82) is 0 Å². The maximum atomic E-state index is 15.1. The van der Waals surface area contributed by atoms with Gasteiger partial charge in [-0.2, -0.15) is 0 Å². The van der Waals surface area contributed by atoms with Crippen LogP contribution < -0.4 is 5.32 Å². The van der Waals surface area contributed by atoms with Gasteiger partial charge in [0, 0.05) is 76.4 Å². The zero-order chi connectivity index (χ0) is 28.3. The highest BCUT2D eigenvalue weighted by Crippen LogP contribution is 2.38. The normalized spacial score (nSPS) is 24.1. The number of carbonyl (C=O) groups excluding carboxylic acids is 3. The Morgan fingerprint density at radius 2 is 1.72 bits per heavy atom. The van der Waals surface area contributed by atoms with Crippen molar-refractivity contribution in [3.05, 3.63) is 34.6 Å². The van der Waals surface area contributed by atoms with Gasteiger partial charge in [-0.3, -0.25) is 19.3 Å². The summed E-state index contributed by atoms with van der Waals surface area (Å²) >= 11 is 6.02. The molecule has 1 N–H and O–H groups in total. The molecule has 216 valence electrons. The Morgan fingerprint density at radius 1 is 1.08 bits per heavy atom. The van der Waals surface area contributed by atoms with E-state index in [9.17, 15) is 14.4 Å². The highest BCUT2D eigenvalue weighted by atomic mass is 35.5. The van der Waals surface area contributed by atoms with Crippen LogP contribution >= 0.6 is 11.6 Å². The molecule has 39 heavy (non-hydrogen) atoms. The van der Waals surface area contributed by atoms with Crippen LogP contribution in [0.25, 0.3) is 0 Å². The third-order valence-corrected chi connectivity index (χ3v) is 8.36. The van der Waals surface area contributed by atoms with Crippen molar-refractivity contribution >= 4 is 29.3 Å². The standard InChI is InChI=1S/C29H42ClFN4O4/c1-19(36)32-26(16-29(2,3)4)28(38)34-11-9-33(10-12-34)27(37)24-18-35(21-7-13-39-14-8-21)17-23(24)22-6-5-20(30)15-25(22)31/h5-6,15,21,23-24,26H,7-14,16-18H2,1-4H3,(H,32,36)/t23-,24?,26?/m0/s1. The van der Waals surface area contributed by atoms with Gasteiger partial charge in [0.05, 0.1) is 5.92 Å². The molecular weight excluding hydrogens is 523 g/mol. The minimum Gasteiger partial charge on any atom is -0.381 e. The number of halogens is 2. The molecule has 2 unspecified atom stereocenters. The largest absolute Gasteiger partial charge is 0.381 e. The quantitative estimate of drug-likeness (QED) is 0.573. The molecule has 3 heterocycles. The number of nitrogens with one attached hydrogen (secondary N) is 1. The summed E-state index contributed by atoms with van der Waals surface area (Å²) in [5.41, 5.74) is 0.396. The molecular formula is C29H42ClFN4O4. The number of hydrogen-bond acceptors (Lipinski definition) is 5. The van der Waals surface area contributed by atoms with E-state index in [0.717, 1.165) is 12.8 Å². The molecule has 3 aliphatic heterocycles. The summed E-state index contributed by atoms with van der Waals surface area (Å²) in [6, 6.07) is 4.45. The van der Waals surface area contributed by atoms with Crippen molar-refractivity contribution in [2.24, 2.45) is 11.3 Å². The maximum absolute atomic E-state index is 15.1. The number of piperazine rings is 1. The SMILES string of the molecule is CC(=O)NC(CC(C)(C)C)C(=O)N1CCN(C(=O)C2CN(C3CCOCC3)C[C@H]2c2ccc(Cl)cc2F)CC1. The maximum Gasteiger partial charge on any atom is 0.245 e. The van der Waals surface area contributed by atoms with Gasteiger partial charge in [-0.25, -0.2) is 4.39 Å². The van der Waals surface area contributed by atoms with Crippen molar-refractivity contribution in [3.8, 4) is 0 Å². The highest BCUT2D eigenvalue weighted by Gasteiger charge is 2.44. The van der Waals surface area contributed by atoms with Crippen LogP contribution in [-0.4, -0.2) is 97.0 Å². The lowest BCUT2D eigenvalue weighted by molar-refractivity contribution is -0.144. The first-order valence-corrected chi connectivity index (χ1v) is 14.4. The van der Waals surface area contributed by atoms with Crippen molar-refractivity contribution in [2.45, 2.75) is 65.0 Å². The van der Waals surface area contributed by atoms with Gasteiger partial charge in [0.15, 0.2) is 0 Å². The molecule has 3 saturated heterocycles. The van der Waals surface area contributed by atoms with Gasteiger partial charge in [0.2, 0.25) is 17.7 Å². The Hall–Kier alpha value is -2.23. The molecule has 0 aromatic heterocycles. The molecule has 1 aromatic carbocycles. The van der Waals surface area contributed by atoms with Gasteiger partial charge in [0.1, 0.15) is 11.9 Å². The Morgan fingerprint density at radius 3 is 2.31 bits per heavy atom. The summed E-state index contributed by atoms with van der Waals surface area (Å²) in [7, 11) is 0. The number of rotatable bonds is 6. The van der Waals surface area contributed by atoms with Crippen molar-refractivity contribution < 1.29 is 23.5 Å². The van der Waals surface area contributed by atoms with Gasteiger partial charge >= 0.3 is 0 Å². The van der Waals surface area contributed by atoms with Crippen LogP contribution in [0.5, 0.6) is 0 Å². The molecule has 3 atom stereocenters. The average molecular weight is 565 g/mol. The van der Waals surface area contributed by atoms with Crippen LogP contribution in [0.15, 0.2) is 18.2 Å². The number of nitrogens with zero attached hydrogens (tertiary/aromatic N) is 3. The molecule has 0 bridgehead atoms. The minimum absolute atomic E-state index is 0.00381. The number of ether oxygens (including phenoxy) is 1. The number of likely N-dealkylation sites (tertiary alicyclic amines) is 1. The Bertz CT molecular complexity index is 1050. The van der Waals surface area contributed by atoms with Crippen LogP contribution in [-0.2, 0) is 19.1 Å². The van der Waals surface area contributed by atoms with Crippen molar-refractivity contribution in [1.82, 2.24) is 20.0 Å². The molecule has 3 aliphatic rings. The second-order valence-electron chi connectivity index (χ2n) is 12.3. The summed E-state index contributed by atoms with van der Waals surface area (Å²) in [6.45, 7) is 11.8. The lowest BCUT2D eigenvalue weighted by Crippen LogP contribution is -2.57. The van der Waals surface area contributed by atoms with Gasteiger partial charge in [-0.1, -0.05) is 38.4 Å². The second kappa shape index (κ2) is 12.5. The molecule has 0 spiro atoms. The highest BCUT2D eigenvalue weighted by molar-refractivity contribution is 6.30. The van der Waals surface area contributed by atoms with Gasteiger partial charge < -0.3 is 19.9 Å². The molecule has 0 saturated carbocycles. The zero-order valence-corrected chi connectivity index (χ0v) is 24.3. The van der Waals surface area contributed by atoms with E-state index in [1.807, 2.05) is 25.7 Å². The first kappa shape index (κ1) is 29.7. The molecule has 3 fully saturated rings. The summed E-state index contributed by atoms with van der Waals surface area (Å²) < 4.78 is 20.6. The molecule has 10 heteroatoms. The van der Waals surface area contributed by atoms with E-state index < -0.39 is 6.04 Å². The van der Waals surface area contributed by atoms with Crippen LogP contribution in [0.1, 0.15) is 58.4 Å². The monoisotopic (exact) mass is 564 g/mol. The summed E-state index contributed by atoms with van der Waals surface area (Å²) in [5.74, 6) is -1.37. The molecule has 0 aliphatic carbocycles. The van der Waals surface area contributed by atoms with Gasteiger partial charge in [-0.05, 0) is 42.4 Å². The smallest absolute Gasteiger partial charge is 0.245 e. The summed E-state index contributed by atoms with van der Waals surface area (Å²) in [5, 5.41) is 3.15. The van der Waals surface area contributed by atoms with Crippen molar-refractivity contribution in [3.63, 3.8) is 0 Å². The average Bonchev–Trinajstić information content (AvgIpc) is 3.32. The van der Waals surface area contributed by atoms with Crippen LogP contribution in [0.3, 0.4) is 0 Å². The van der Waals surface area contributed by atoms with E-state index in [2.05, 4.69) is 10.2 Å². The predicted octanol–water partition coefficient (Wildman–Crippen LogP) is 3.29. The molecule has 8 nitrogen and oxygen atoms in total. The number of hydrogen-bond donors (Lipinski definition) is 1. The number of amides is 3. The van der Waals surface area contributed by atoms with Gasteiger partial charge in [-0.15, -0.1) is 0 Å². The van der Waals surface area contributed by atoms with E-state index >= 15 is 4.39 Å². The van der Waals surface area contributed by atoms with Crippen LogP contribution in [0.2, 0.25) is 5.02 Å². The Balaban J connectivity index is 1.45. The first-order chi connectivity index (χ1) is 18.4. The van der Waals surface area contributed by atoms with E-state index in [1.165, 1.54) is 13.0 Å². The van der Waals surface area contributed by atoms with Crippen molar-refractivity contribution in [2.75, 3.05) is 52.5 Å². The number of benzene rings is 1. The van der Waals surface area contributed by atoms with E-state index in [4.69, 9.17) is 16.3 Å². The minimum atomic E-state index is -0.593. The molecule has 3 amide bonds. The third-order valence-electron chi connectivity index (χ3n) is 8.13. The fourth-order valence-corrected chi connectivity index (χ4v) is 6.37. The molecule has 4 rings (SSSR count). The lowest BCUT2D eigenvalue weighted by atomic mass is 9.87.